The van der Waals surface area contributed by atoms with Gasteiger partial charge in [-0.05, 0) is 60.7 Å². The highest BCUT2D eigenvalue weighted by atomic mass is 16.4. The molecule has 0 amide bonds. The molecule has 0 radical (unpaired) electrons. The van der Waals surface area contributed by atoms with Crippen LogP contribution < -0.4 is 4.90 Å². The summed E-state index contributed by atoms with van der Waals surface area (Å²) < 4.78 is 0. The largest absolute Gasteiger partial charge is 0.478 e. The number of likely N-dealkylation sites (N-methyl/N-ethyl adjacent to an activating group) is 1. The molecule has 1 aromatic carbocycles. The Hall–Kier alpha value is -3.25. The number of pyridine rings is 1. The molecule has 1 fully saturated rings. The van der Waals surface area contributed by atoms with Crippen molar-refractivity contribution >= 4 is 29.6 Å². The molecule has 1 saturated heterocycles. The van der Waals surface area contributed by atoms with Crippen molar-refractivity contribution in [1.29, 1.82) is 0 Å². The fourth-order valence-electron chi connectivity index (χ4n) is 3.20. The molecule has 29 heavy (non-hydrogen) atoms. The molecule has 0 unspecified atom stereocenters. The van der Waals surface area contributed by atoms with E-state index in [9.17, 15) is 9.59 Å². The van der Waals surface area contributed by atoms with Gasteiger partial charge in [0.1, 0.15) is 0 Å². The quantitative estimate of drug-likeness (QED) is 0.577. The van der Waals surface area contributed by atoms with Crippen LogP contribution in [0.1, 0.15) is 28.5 Å². The van der Waals surface area contributed by atoms with Gasteiger partial charge in [-0.1, -0.05) is 13.0 Å². The number of piperazine rings is 1. The van der Waals surface area contributed by atoms with Crippen molar-refractivity contribution < 1.29 is 14.7 Å². The maximum absolute atomic E-state index is 12.4. The van der Waals surface area contributed by atoms with E-state index in [-0.39, 0.29) is 5.78 Å². The smallest absolute Gasteiger partial charge is 0.328 e. The predicted octanol–water partition coefficient (Wildman–Crippen LogP) is 3.22. The molecule has 0 atom stereocenters. The number of nitrogens with zero attached hydrogens (tertiary/aromatic N) is 3. The Morgan fingerprint density at radius 1 is 1.00 bits per heavy atom. The second-order valence-corrected chi connectivity index (χ2v) is 6.85. The van der Waals surface area contributed by atoms with Crippen LogP contribution in [0.25, 0.3) is 12.2 Å². The number of aliphatic carboxylic acids is 1. The van der Waals surface area contributed by atoms with E-state index in [1.165, 1.54) is 12.2 Å². The third-order valence-electron chi connectivity index (χ3n) is 4.97. The minimum Gasteiger partial charge on any atom is -0.478 e. The lowest BCUT2D eigenvalue weighted by Gasteiger charge is -2.35. The van der Waals surface area contributed by atoms with E-state index in [2.05, 4.69) is 21.7 Å². The number of anilines is 1. The summed E-state index contributed by atoms with van der Waals surface area (Å²) in [6, 6.07) is 11.2. The number of carboxylic acid groups (broad SMARTS) is 1. The molecule has 0 bridgehead atoms. The van der Waals surface area contributed by atoms with Gasteiger partial charge in [-0.25, -0.2) is 4.79 Å². The van der Waals surface area contributed by atoms with Gasteiger partial charge < -0.3 is 14.9 Å². The zero-order valence-electron chi connectivity index (χ0n) is 16.5. The van der Waals surface area contributed by atoms with Gasteiger partial charge in [-0.3, -0.25) is 9.78 Å². The Morgan fingerprint density at radius 2 is 1.72 bits per heavy atom. The summed E-state index contributed by atoms with van der Waals surface area (Å²) in [5, 5.41) is 8.63. The van der Waals surface area contributed by atoms with E-state index in [1.807, 2.05) is 24.3 Å². The zero-order valence-corrected chi connectivity index (χ0v) is 16.5. The standard InChI is InChI=1S/C23H25N3O3/c1-2-25-13-15-26(16-14-25)21-9-5-19(6-10-21)22(27)11-4-18-3-7-20(24-17-18)8-12-23(28)29/h3-12,17H,2,13-16H2,1H3,(H,28,29)/b11-4+,12-8+. The first-order valence-corrected chi connectivity index (χ1v) is 9.72. The van der Waals surface area contributed by atoms with Gasteiger partial charge in [0.05, 0.1) is 5.69 Å². The summed E-state index contributed by atoms with van der Waals surface area (Å²) in [6.07, 6.45) is 7.29. The summed E-state index contributed by atoms with van der Waals surface area (Å²) in [5.74, 6) is -1.09. The molecule has 2 aromatic rings. The van der Waals surface area contributed by atoms with Crippen LogP contribution in [0.15, 0.2) is 54.7 Å². The molecule has 6 nitrogen and oxygen atoms in total. The highest BCUT2D eigenvalue weighted by molar-refractivity contribution is 6.07. The van der Waals surface area contributed by atoms with E-state index in [0.717, 1.165) is 50.1 Å². The van der Waals surface area contributed by atoms with Gasteiger partial charge in [0, 0.05) is 49.7 Å². The number of aromatic nitrogens is 1. The van der Waals surface area contributed by atoms with Crippen LogP contribution in [-0.4, -0.2) is 59.5 Å². The number of rotatable bonds is 7. The highest BCUT2D eigenvalue weighted by Crippen LogP contribution is 2.18. The van der Waals surface area contributed by atoms with Crippen molar-refractivity contribution in [1.82, 2.24) is 9.88 Å². The highest BCUT2D eigenvalue weighted by Gasteiger charge is 2.15. The molecular formula is C23H25N3O3. The molecule has 6 heteroatoms. The maximum Gasteiger partial charge on any atom is 0.328 e. The lowest BCUT2D eigenvalue weighted by atomic mass is 10.1. The molecule has 0 saturated carbocycles. The Labute approximate surface area is 170 Å². The number of hydrogen-bond acceptors (Lipinski definition) is 5. The van der Waals surface area contributed by atoms with E-state index in [0.29, 0.717) is 11.3 Å². The average Bonchev–Trinajstić information content (AvgIpc) is 2.77. The number of carbonyl (C=O) groups excluding carboxylic acids is 1. The molecule has 1 aromatic heterocycles. The molecule has 1 aliphatic rings. The van der Waals surface area contributed by atoms with Gasteiger partial charge in [-0.15, -0.1) is 0 Å². The van der Waals surface area contributed by atoms with E-state index < -0.39 is 5.97 Å². The van der Waals surface area contributed by atoms with E-state index >= 15 is 0 Å². The number of allylic oxidation sites excluding steroid dienone is 1. The Kier molecular flexibility index (Phi) is 6.92. The van der Waals surface area contributed by atoms with Crippen LogP contribution in [0, 0.1) is 0 Å². The minimum atomic E-state index is -1.02. The van der Waals surface area contributed by atoms with Gasteiger partial charge in [0.2, 0.25) is 0 Å². The summed E-state index contributed by atoms with van der Waals surface area (Å²) in [6.45, 7) is 7.42. The molecule has 1 N–H and O–H groups in total. The van der Waals surface area contributed by atoms with Crippen LogP contribution >= 0.6 is 0 Å². The number of hydrogen-bond donors (Lipinski definition) is 1. The fourth-order valence-corrected chi connectivity index (χ4v) is 3.20. The van der Waals surface area contributed by atoms with E-state index in [4.69, 9.17) is 5.11 Å². The molecular weight excluding hydrogens is 366 g/mol. The van der Waals surface area contributed by atoms with Gasteiger partial charge in [0.15, 0.2) is 5.78 Å². The zero-order chi connectivity index (χ0) is 20.6. The second-order valence-electron chi connectivity index (χ2n) is 6.85. The molecule has 0 spiro atoms. The Morgan fingerprint density at radius 3 is 2.31 bits per heavy atom. The van der Waals surface area contributed by atoms with Crippen molar-refractivity contribution in [3.63, 3.8) is 0 Å². The second kappa shape index (κ2) is 9.80. The summed E-state index contributed by atoms with van der Waals surface area (Å²) >= 11 is 0. The molecule has 150 valence electrons. The molecule has 0 aliphatic carbocycles. The van der Waals surface area contributed by atoms with Crippen LogP contribution in [-0.2, 0) is 4.79 Å². The lowest BCUT2D eigenvalue weighted by Crippen LogP contribution is -2.46. The number of ketones is 1. The monoisotopic (exact) mass is 391 g/mol. The minimum absolute atomic E-state index is 0.0674. The molecule has 2 heterocycles. The average molecular weight is 391 g/mol. The summed E-state index contributed by atoms with van der Waals surface area (Å²) in [5.41, 5.74) is 3.11. The Bertz CT molecular complexity index is 894. The third kappa shape index (κ3) is 5.86. The van der Waals surface area contributed by atoms with Crippen LogP contribution in [0.4, 0.5) is 5.69 Å². The van der Waals surface area contributed by atoms with Crippen molar-refractivity contribution in [3.8, 4) is 0 Å². The van der Waals surface area contributed by atoms with Crippen molar-refractivity contribution in [2.75, 3.05) is 37.6 Å². The Balaban J connectivity index is 1.58. The van der Waals surface area contributed by atoms with E-state index in [1.54, 1.807) is 24.4 Å². The van der Waals surface area contributed by atoms with Gasteiger partial charge in [-0.2, -0.15) is 0 Å². The first-order valence-electron chi connectivity index (χ1n) is 9.72. The van der Waals surface area contributed by atoms with Crippen LogP contribution in [0.5, 0.6) is 0 Å². The fraction of sp³-hybridized carbons (Fsp3) is 0.261. The number of carbonyl (C=O) groups is 2. The normalized spacial score (nSPS) is 15.3. The van der Waals surface area contributed by atoms with Crippen molar-refractivity contribution in [2.45, 2.75) is 6.92 Å². The van der Waals surface area contributed by atoms with Crippen LogP contribution in [0.3, 0.4) is 0 Å². The van der Waals surface area contributed by atoms with Gasteiger partial charge >= 0.3 is 5.97 Å². The summed E-state index contributed by atoms with van der Waals surface area (Å²) in [7, 11) is 0. The summed E-state index contributed by atoms with van der Waals surface area (Å²) in [4.78, 5) is 31.9. The number of benzene rings is 1. The van der Waals surface area contributed by atoms with Crippen molar-refractivity contribution in [3.05, 3.63) is 71.6 Å². The topological polar surface area (TPSA) is 73.7 Å². The third-order valence-corrected chi connectivity index (χ3v) is 4.97. The predicted molar refractivity (Wildman–Crippen MR) is 115 cm³/mol. The van der Waals surface area contributed by atoms with Crippen molar-refractivity contribution in [2.24, 2.45) is 0 Å². The molecule has 3 rings (SSSR count). The SMILES string of the molecule is CCN1CCN(c2ccc(C(=O)/C=C/c3ccc(/C=C/C(=O)O)nc3)cc2)CC1. The lowest BCUT2D eigenvalue weighted by molar-refractivity contribution is -0.131. The maximum atomic E-state index is 12.4. The van der Waals surface area contributed by atoms with Gasteiger partial charge in [0.25, 0.3) is 0 Å². The van der Waals surface area contributed by atoms with Crippen LogP contribution in [0.2, 0.25) is 0 Å². The molecule has 1 aliphatic heterocycles. The first kappa shape index (κ1) is 20.5. The number of carboxylic acids is 1. The first-order chi connectivity index (χ1) is 14.0.